The first kappa shape index (κ1) is 21.0. The number of hydrogen-bond donors (Lipinski definition) is 2. The Morgan fingerprint density at radius 1 is 1.22 bits per heavy atom. The Bertz CT molecular complexity index is 1230. The maximum absolute atomic E-state index is 12.8. The number of carbonyl (C=O) groups is 2. The topological polar surface area (TPSA) is 137 Å². The van der Waals surface area contributed by atoms with Crippen molar-refractivity contribution in [1.29, 1.82) is 0 Å². The van der Waals surface area contributed by atoms with E-state index in [4.69, 9.17) is 14.3 Å². The van der Waals surface area contributed by atoms with E-state index in [1.54, 1.807) is 35.3 Å². The Kier molecular flexibility index (Phi) is 6.08. The fraction of sp³-hybridized carbons (Fsp3) is 0.190. The molecule has 0 bridgehead atoms. The summed E-state index contributed by atoms with van der Waals surface area (Å²) in [5.74, 6) is -0.111. The van der Waals surface area contributed by atoms with Gasteiger partial charge in [0.25, 0.3) is 5.91 Å². The van der Waals surface area contributed by atoms with E-state index in [1.807, 2.05) is 13.0 Å². The van der Waals surface area contributed by atoms with Gasteiger partial charge in [0.15, 0.2) is 5.76 Å². The Labute approximate surface area is 182 Å². The first-order valence-corrected chi connectivity index (χ1v) is 9.81. The van der Waals surface area contributed by atoms with Crippen molar-refractivity contribution in [3.63, 3.8) is 0 Å². The van der Waals surface area contributed by atoms with E-state index in [0.29, 0.717) is 48.2 Å². The lowest BCUT2D eigenvalue weighted by atomic mass is 10.2. The molecule has 0 aliphatic rings. The van der Waals surface area contributed by atoms with E-state index in [-0.39, 0.29) is 5.76 Å². The van der Waals surface area contributed by atoms with Crippen LogP contribution in [0.3, 0.4) is 0 Å². The van der Waals surface area contributed by atoms with Gasteiger partial charge >= 0.3 is 6.09 Å². The normalized spacial score (nSPS) is 10.9. The van der Waals surface area contributed by atoms with E-state index in [2.05, 4.69) is 20.5 Å². The molecule has 11 nitrogen and oxygen atoms in total. The third-order valence-corrected chi connectivity index (χ3v) is 4.48. The first-order chi connectivity index (χ1) is 15.5. The molecule has 0 saturated heterocycles. The van der Waals surface area contributed by atoms with E-state index >= 15 is 0 Å². The second kappa shape index (κ2) is 9.27. The van der Waals surface area contributed by atoms with Gasteiger partial charge in [-0.1, -0.05) is 6.07 Å². The van der Waals surface area contributed by atoms with Crippen molar-refractivity contribution in [1.82, 2.24) is 24.5 Å². The number of aromatic nitrogens is 5. The molecule has 164 valence electrons. The van der Waals surface area contributed by atoms with Gasteiger partial charge < -0.3 is 19.6 Å². The van der Waals surface area contributed by atoms with Crippen molar-refractivity contribution < 1.29 is 23.8 Å². The van der Waals surface area contributed by atoms with E-state index < -0.39 is 12.0 Å². The largest absolute Gasteiger partial charge is 0.463 e. The van der Waals surface area contributed by atoms with Crippen molar-refractivity contribution in [2.75, 3.05) is 18.5 Å². The Hall–Kier alpha value is -4.25. The standard InChI is InChI=1S/C21H20N6O5/c1-2-31-10-9-26-13-16(19(25-26)15-5-3-4-8-22-15)24-20(28)18-7-6-17(32-18)14-11-23-27(12-14)21(29)30/h3-8,11-13H,2,9-10H2,1H3,(H,24,28)(H,29,30). The molecular formula is C21H20N6O5. The number of nitrogens with zero attached hydrogens (tertiary/aromatic N) is 5. The summed E-state index contributed by atoms with van der Waals surface area (Å²) in [5.41, 5.74) is 2.04. The number of hydrogen-bond acceptors (Lipinski definition) is 7. The maximum atomic E-state index is 12.8. The summed E-state index contributed by atoms with van der Waals surface area (Å²) in [4.78, 5) is 28.1. The summed E-state index contributed by atoms with van der Waals surface area (Å²) in [5, 5.41) is 20.0. The van der Waals surface area contributed by atoms with Gasteiger partial charge in [-0.2, -0.15) is 14.9 Å². The first-order valence-electron chi connectivity index (χ1n) is 9.81. The number of carbonyl (C=O) groups excluding carboxylic acids is 1. The number of furan rings is 1. The van der Waals surface area contributed by atoms with Gasteiger partial charge in [0.1, 0.15) is 11.5 Å². The van der Waals surface area contributed by atoms with Crippen molar-refractivity contribution in [2.24, 2.45) is 0 Å². The molecule has 2 N–H and O–H groups in total. The number of nitrogens with one attached hydrogen (secondary N) is 1. The van der Waals surface area contributed by atoms with Crippen molar-refractivity contribution >= 4 is 17.7 Å². The Morgan fingerprint density at radius 2 is 2.09 bits per heavy atom. The molecule has 4 aromatic rings. The van der Waals surface area contributed by atoms with Crippen LogP contribution in [0.2, 0.25) is 0 Å². The lowest BCUT2D eigenvalue weighted by molar-refractivity contribution is 0.0997. The zero-order valence-electron chi connectivity index (χ0n) is 17.1. The summed E-state index contributed by atoms with van der Waals surface area (Å²) in [7, 11) is 0. The number of amides is 1. The van der Waals surface area contributed by atoms with Gasteiger partial charge in [-0.15, -0.1) is 0 Å². The van der Waals surface area contributed by atoms with Crippen LogP contribution in [0.4, 0.5) is 10.5 Å². The van der Waals surface area contributed by atoms with E-state index in [9.17, 15) is 9.59 Å². The smallest absolute Gasteiger partial charge is 0.432 e. The molecule has 0 aromatic carbocycles. The molecule has 0 unspecified atom stereocenters. The Balaban J connectivity index is 1.55. The molecule has 1 amide bonds. The van der Waals surface area contributed by atoms with Crippen LogP contribution in [0.25, 0.3) is 22.7 Å². The van der Waals surface area contributed by atoms with E-state index in [0.717, 1.165) is 4.68 Å². The molecular weight excluding hydrogens is 416 g/mol. The lowest BCUT2D eigenvalue weighted by Gasteiger charge is -2.03. The number of carboxylic acid groups (broad SMARTS) is 1. The van der Waals surface area contributed by atoms with Crippen LogP contribution in [-0.2, 0) is 11.3 Å². The third kappa shape index (κ3) is 4.57. The average Bonchev–Trinajstić information content (AvgIpc) is 3.54. The molecule has 4 aromatic heterocycles. The lowest BCUT2D eigenvalue weighted by Crippen LogP contribution is -2.11. The number of anilines is 1. The number of rotatable bonds is 8. The third-order valence-electron chi connectivity index (χ3n) is 4.48. The van der Waals surface area contributed by atoms with Crippen molar-refractivity contribution in [3.8, 4) is 22.7 Å². The van der Waals surface area contributed by atoms with Crippen molar-refractivity contribution in [3.05, 3.63) is 60.9 Å². The minimum Gasteiger partial charge on any atom is -0.463 e. The van der Waals surface area contributed by atoms with Crippen molar-refractivity contribution in [2.45, 2.75) is 13.5 Å². The molecule has 0 radical (unpaired) electrons. The highest BCUT2D eigenvalue weighted by molar-refractivity contribution is 6.04. The summed E-state index contributed by atoms with van der Waals surface area (Å²) in [6.07, 6.45) is 4.78. The molecule has 0 fully saturated rings. The van der Waals surface area contributed by atoms with Gasteiger partial charge in [0.2, 0.25) is 0 Å². The van der Waals surface area contributed by atoms with Gasteiger partial charge in [-0.25, -0.2) is 4.79 Å². The van der Waals surface area contributed by atoms with Crippen LogP contribution >= 0.6 is 0 Å². The van der Waals surface area contributed by atoms with Crippen LogP contribution < -0.4 is 5.32 Å². The highest BCUT2D eigenvalue weighted by Crippen LogP contribution is 2.27. The fourth-order valence-electron chi connectivity index (χ4n) is 2.98. The second-order valence-electron chi connectivity index (χ2n) is 6.64. The SMILES string of the molecule is CCOCCn1cc(NC(=O)c2ccc(-c3cnn(C(=O)O)c3)o2)c(-c2ccccn2)n1. The zero-order valence-corrected chi connectivity index (χ0v) is 17.1. The molecule has 11 heteroatoms. The fourth-order valence-corrected chi connectivity index (χ4v) is 2.98. The molecule has 0 spiro atoms. The predicted molar refractivity (Wildman–Crippen MR) is 113 cm³/mol. The van der Waals surface area contributed by atoms with Gasteiger partial charge in [0.05, 0.1) is 36.3 Å². The van der Waals surface area contributed by atoms with Crippen LogP contribution in [0.15, 0.2) is 59.5 Å². The quantitative estimate of drug-likeness (QED) is 0.402. The molecule has 4 rings (SSSR count). The summed E-state index contributed by atoms with van der Waals surface area (Å²) < 4.78 is 13.4. The van der Waals surface area contributed by atoms with Crippen LogP contribution in [-0.4, -0.2) is 54.9 Å². The van der Waals surface area contributed by atoms with Crippen LogP contribution in [0.5, 0.6) is 0 Å². The van der Waals surface area contributed by atoms with Gasteiger partial charge in [-0.3, -0.25) is 14.5 Å². The maximum Gasteiger partial charge on any atom is 0.432 e. The highest BCUT2D eigenvalue weighted by Gasteiger charge is 2.19. The van der Waals surface area contributed by atoms with Gasteiger partial charge in [0, 0.05) is 25.2 Å². The summed E-state index contributed by atoms with van der Waals surface area (Å²) in [6, 6.07) is 8.51. The average molecular weight is 436 g/mol. The molecule has 0 saturated carbocycles. The number of ether oxygens (including phenoxy) is 1. The van der Waals surface area contributed by atoms with Gasteiger partial charge in [-0.05, 0) is 31.2 Å². The van der Waals surface area contributed by atoms with E-state index in [1.165, 1.54) is 18.5 Å². The molecule has 32 heavy (non-hydrogen) atoms. The molecule has 0 atom stereocenters. The minimum atomic E-state index is -1.22. The monoisotopic (exact) mass is 436 g/mol. The second-order valence-corrected chi connectivity index (χ2v) is 6.64. The summed E-state index contributed by atoms with van der Waals surface area (Å²) >= 11 is 0. The minimum absolute atomic E-state index is 0.0529. The highest BCUT2D eigenvalue weighted by atomic mass is 16.5. The Morgan fingerprint density at radius 3 is 2.81 bits per heavy atom. The number of pyridine rings is 1. The molecule has 0 aliphatic carbocycles. The zero-order chi connectivity index (χ0) is 22.5. The van der Waals surface area contributed by atoms with Crippen LogP contribution in [0, 0.1) is 0 Å². The summed E-state index contributed by atoms with van der Waals surface area (Å²) in [6.45, 7) is 3.52. The molecule has 0 aliphatic heterocycles. The molecule has 4 heterocycles. The predicted octanol–water partition coefficient (Wildman–Crippen LogP) is 3.22. The van der Waals surface area contributed by atoms with Crippen LogP contribution in [0.1, 0.15) is 17.5 Å².